The van der Waals surface area contributed by atoms with Crippen molar-refractivity contribution in [1.29, 1.82) is 0 Å². The van der Waals surface area contributed by atoms with Crippen LogP contribution in [0.2, 0.25) is 0 Å². The molecule has 0 aromatic rings. The monoisotopic (exact) mass is 150 g/mol. The van der Waals surface area contributed by atoms with E-state index in [2.05, 4.69) is 45.1 Å². The Morgan fingerprint density at radius 1 is 1.18 bits per heavy atom. The molecule has 1 fully saturated rings. The molecule has 62 valence electrons. The smallest absolute Gasteiger partial charge is 0.0163 e. The van der Waals surface area contributed by atoms with Gasteiger partial charge in [-0.05, 0) is 24.2 Å². The summed E-state index contributed by atoms with van der Waals surface area (Å²) < 4.78 is 0. The van der Waals surface area contributed by atoms with Gasteiger partial charge in [0.15, 0.2) is 0 Å². The van der Waals surface area contributed by atoms with E-state index in [1.165, 1.54) is 6.42 Å². The van der Waals surface area contributed by atoms with E-state index in [1.807, 2.05) is 0 Å². The maximum atomic E-state index is 2.32. The van der Waals surface area contributed by atoms with E-state index in [0.717, 1.165) is 12.3 Å². The van der Waals surface area contributed by atoms with Crippen LogP contribution in [-0.4, -0.2) is 0 Å². The standard InChI is InChI=1S/C6H12.C5H6/c1-5-4-6(5,2)3;1-2-4-5-3-1/h5H,4H2,1-3H3;1-4H,5H2. The first kappa shape index (κ1) is 8.58. The molecule has 0 N–H and O–H groups in total. The van der Waals surface area contributed by atoms with E-state index >= 15 is 0 Å². The normalized spacial score (nSPS) is 29.5. The predicted octanol–water partition coefficient (Wildman–Crippen LogP) is 3.55. The highest BCUT2D eigenvalue weighted by Crippen LogP contribution is 2.50. The minimum absolute atomic E-state index is 0.708. The van der Waals surface area contributed by atoms with Crippen LogP contribution < -0.4 is 0 Å². The second kappa shape index (κ2) is 3.25. The third-order valence-corrected chi connectivity index (χ3v) is 2.66. The first-order valence-electron chi connectivity index (χ1n) is 4.44. The van der Waals surface area contributed by atoms with E-state index in [4.69, 9.17) is 0 Å². The van der Waals surface area contributed by atoms with Crippen molar-refractivity contribution in [3.05, 3.63) is 24.3 Å². The third-order valence-electron chi connectivity index (χ3n) is 2.66. The molecular weight excluding hydrogens is 132 g/mol. The van der Waals surface area contributed by atoms with Gasteiger partial charge in [0.05, 0.1) is 0 Å². The lowest BCUT2D eigenvalue weighted by Crippen LogP contribution is -1.82. The molecule has 0 radical (unpaired) electrons. The topological polar surface area (TPSA) is 0 Å². The van der Waals surface area contributed by atoms with Gasteiger partial charge in [-0.1, -0.05) is 45.1 Å². The minimum Gasteiger partial charge on any atom is -0.0808 e. The summed E-state index contributed by atoms with van der Waals surface area (Å²) in [7, 11) is 0. The Morgan fingerprint density at radius 2 is 1.55 bits per heavy atom. The summed E-state index contributed by atoms with van der Waals surface area (Å²) in [6.07, 6.45) is 10.9. The molecule has 0 saturated heterocycles. The molecule has 0 amide bonds. The highest BCUT2D eigenvalue weighted by molar-refractivity contribution is 5.11. The molecule has 0 aromatic carbocycles. The van der Waals surface area contributed by atoms with Gasteiger partial charge in [0.2, 0.25) is 0 Å². The Bertz CT molecular complexity index is 162. The fourth-order valence-corrected chi connectivity index (χ4v) is 1.12. The zero-order valence-electron chi connectivity index (χ0n) is 7.80. The fraction of sp³-hybridized carbons (Fsp3) is 0.636. The molecule has 11 heavy (non-hydrogen) atoms. The summed E-state index contributed by atoms with van der Waals surface area (Å²) in [5.74, 6) is 0.998. The van der Waals surface area contributed by atoms with Crippen molar-refractivity contribution in [2.45, 2.75) is 33.6 Å². The first-order chi connectivity index (χ1) is 5.13. The van der Waals surface area contributed by atoms with E-state index in [1.54, 1.807) is 0 Å². The molecular formula is C11H18. The molecule has 2 aliphatic rings. The molecule has 1 atom stereocenters. The van der Waals surface area contributed by atoms with Crippen molar-refractivity contribution in [1.82, 2.24) is 0 Å². The molecule has 0 nitrogen and oxygen atoms in total. The number of hydrogen-bond acceptors (Lipinski definition) is 0. The van der Waals surface area contributed by atoms with Crippen LogP contribution in [0.25, 0.3) is 0 Å². The Morgan fingerprint density at radius 3 is 1.64 bits per heavy atom. The largest absolute Gasteiger partial charge is 0.0808 e. The summed E-state index contributed by atoms with van der Waals surface area (Å²) in [6.45, 7) is 6.94. The Hall–Kier alpha value is -0.520. The molecule has 0 heteroatoms. The predicted molar refractivity (Wildman–Crippen MR) is 50.5 cm³/mol. The molecule has 2 aliphatic carbocycles. The van der Waals surface area contributed by atoms with Crippen LogP contribution >= 0.6 is 0 Å². The van der Waals surface area contributed by atoms with Gasteiger partial charge in [-0.15, -0.1) is 0 Å². The minimum atomic E-state index is 0.708. The maximum absolute atomic E-state index is 2.32. The van der Waals surface area contributed by atoms with Crippen LogP contribution in [0.5, 0.6) is 0 Å². The highest BCUT2D eigenvalue weighted by Gasteiger charge is 2.41. The van der Waals surface area contributed by atoms with Gasteiger partial charge in [0.1, 0.15) is 0 Å². The third kappa shape index (κ3) is 2.92. The molecule has 1 unspecified atom stereocenters. The summed E-state index contributed by atoms with van der Waals surface area (Å²) >= 11 is 0. The van der Waals surface area contributed by atoms with Crippen molar-refractivity contribution in [3.63, 3.8) is 0 Å². The van der Waals surface area contributed by atoms with E-state index in [-0.39, 0.29) is 0 Å². The molecule has 2 rings (SSSR count). The lowest BCUT2D eigenvalue weighted by atomic mass is 10.1. The zero-order chi connectivity index (χ0) is 8.32. The van der Waals surface area contributed by atoms with Crippen LogP contribution in [0.1, 0.15) is 33.6 Å². The van der Waals surface area contributed by atoms with E-state index < -0.39 is 0 Å². The Labute approximate surface area is 70.0 Å². The zero-order valence-corrected chi connectivity index (χ0v) is 7.80. The van der Waals surface area contributed by atoms with Crippen LogP contribution in [-0.2, 0) is 0 Å². The summed E-state index contributed by atoms with van der Waals surface area (Å²) in [5, 5.41) is 0. The average molecular weight is 150 g/mol. The van der Waals surface area contributed by atoms with Gasteiger partial charge in [-0.25, -0.2) is 0 Å². The molecule has 0 spiro atoms. The van der Waals surface area contributed by atoms with Crippen LogP contribution in [0.15, 0.2) is 24.3 Å². The summed E-state index contributed by atoms with van der Waals surface area (Å²) in [6, 6.07) is 0. The number of rotatable bonds is 0. The van der Waals surface area contributed by atoms with Crippen LogP contribution in [0.3, 0.4) is 0 Å². The molecule has 0 heterocycles. The molecule has 1 saturated carbocycles. The van der Waals surface area contributed by atoms with Gasteiger partial charge >= 0.3 is 0 Å². The van der Waals surface area contributed by atoms with Gasteiger partial charge in [0.25, 0.3) is 0 Å². The fourth-order valence-electron chi connectivity index (χ4n) is 1.12. The quantitative estimate of drug-likeness (QED) is 0.495. The molecule has 0 bridgehead atoms. The Kier molecular flexibility index (Phi) is 2.53. The maximum Gasteiger partial charge on any atom is -0.0163 e. The first-order valence-corrected chi connectivity index (χ1v) is 4.44. The second-order valence-electron chi connectivity index (χ2n) is 4.19. The number of hydrogen-bond donors (Lipinski definition) is 0. The SMILES string of the molecule is C1=CCC=C1.CC1CC1(C)C. The van der Waals surface area contributed by atoms with Crippen molar-refractivity contribution >= 4 is 0 Å². The van der Waals surface area contributed by atoms with Gasteiger partial charge in [-0.3, -0.25) is 0 Å². The second-order valence-corrected chi connectivity index (χ2v) is 4.19. The van der Waals surface area contributed by atoms with Gasteiger partial charge < -0.3 is 0 Å². The van der Waals surface area contributed by atoms with Crippen molar-refractivity contribution in [2.24, 2.45) is 11.3 Å². The summed E-state index contributed by atoms with van der Waals surface area (Å²) in [4.78, 5) is 0. The highest BCUT2D eigenvalue weighted by atomic mass is 14.5. The van der Waals surface area contributed by atoms with Crippen LogP contribution in [0, 0.1) is 11.3 Å². The van der Waals surface area contributed by atoms with E-state index in [9.17, 15) is 0 Å². The van der Waals surface area contributed by atoms with Gasteiger partial charge in [0, 0.05) is 0 Å². The van der Waals surface area contributed by atoms with Gasteiger partial charge in [-0.2, -0.15) is 0 Å². The lowest BCUT2D eigenvalue weighted by molar-refractivity contribution is 0.586. The van der Waals surface area contributed by atoms with Crippen molar-refractivity contribution in [3.8, 4) is 0 Å². The summed E-state index contributed by atoms with van der Waals surface area (Å²) in [5.41, 5.74) is 0.708. The molecule has 0 aromatic heterocycles. The Balaban J connectivity index is 0.000000112. The number of allylic oxidation sites excluding steroid dienone is 4. The average Bonchev–Trinajstić information content (AvgIpc) is 2.42. The van der Waals surface area contributed by atoms with Crippen molar-refractivity contribution in [2.75, 3.05) is 0 Å². The van der Waals surface area contributed by atoms with Crippen molar-refractivity contribution < 1.29 is 0 Å². The van der Waals surface area contributed by atoms with E-state index in [0.29, 0.717) is 5.41 Å². The van der Waals surface area contributed by atoms with Crippen LogP contribution in [0.4, 0.5) is 0 Å². The lowest BCUT2D eigenvalue weighted by Gasteiger charge is -1.91. The molecule has 0 aliphatic heterocycles.